The highest BCUT2D eigenvalue weighted by molar-refractivity contribution is 5.87. The summed E-state index contributed by atoms with van der Waals surface area (Å²) in [6.45, 7) is 7.54. The molecular weight excluding hydrogens is 218 g/mol. The molecule has 0 aromatic heterocycles. The van der Waals surface area contributed by atoms with E-state index in [1.807, 2.05) is 26.8 Å². The summed E-state index contributed by atoms with van der Waals surface area (Å²) in [6, 6.07) is 0. The molecule has 4 nitrogen and oxygen atoms in total. The van der Waals surface area contributed by atoms with Gasteiger partial charge in [-0.1, -0.05) is 6.08 Å². The number of carbonyl (C=O) groups excluding carboxylic acids is 2. The van der Waals surface area contributed by atoms with Gasteiger partial charge in [-0.2, -0.15) is 0 Å². The maximum atomic E-state index is 11.4. The Kier molecular flexibility index (Phi) is 3.96. The molecule has 0 radical (unpaired) electrons. The smallest absolute Gasteiger partial charge is 0.407 e. The number of alkyl carbamates (subject to hydrolysis) is 1. The summed E-state index contributed by atoms with van der Waals surface area (Å²) in [4.78, 5) is 22.3. The van der Waals surface area contributed by atoms with Gasteiger partial charge in [0.2, 0.25) is 0 Å². The molecule has 0 aliphatic heterocycles. The van der Waals surface area contributed by atoms with Gasteiger partial charge in [0.1, 0.15) is 5.60 Å². The zero-order chi connectivity index (χ0) is 13.1. The molecule has 1 aliphatic carbocycles. The minimum Gasteiger partial charge on any atom is -0.444 e. The van der Waals surface area contributed by atoms with Crippen LogP contribution in [0, 0.1) is 5.41 Å². The van der Waals surface area contributed by atoms with Crippen molar-refractivity contribution < 1.29 is 14.3 Å². The lowest BCUT2D eigenvalue weighted by Gasteiger charge is -2.20. The molecule has 0 aromatic rings. The third kappa shape index (κ3) is 5.52. The normalized spacial score (nSPS) is 17.9. The number of ketones is 1. The quantitative estimate of drug-likeness (QED) is 0.767. The lowest BCUT2D eigenvalue weighted by Crippen LogP contribution is -2.35. The van der Waals surface area contributed by atoms with E-state index in [2.05, 4.69) is 5.32 Å². The SMILES string of the molecule is CC(=O)/C=C/C1(CNC(=O)OC(C)(C)C)CC1. The molecule has 0 aromatic carbocycles. The third-order valence-electron chi connectivity index (χ3n) is 2.55. The fourth-order valence-electron chi connectivity index (χ4n) is 1.42. The van der Waals surface area contributed by atoms with Crippen LogP contribution in [0.4, 0.5) is 4.79 Å². The minimum absolute atomic E-state index is 0.0252. The van der Waals surface area contributed by atoms with Crippen LogP contribution in [-0.4, -0.2) is 24.0 Å². The third-order valence-corrected chi connectivity index (χ3v) is 2.55. The van der Waals surface area contributed by atoms with E-state index >= 15 is 0 Å². The predicted octanol–water partition coefficient (Wildman–Crippen LogP) is 2.44. The van der Waals surface area contributed by atoms with Crippen LogP contribution in [0.1, 0.15) is 40.5 Å². The largest absolute Gasteiger partial charge is 0.444 e. The molecule has 0 heterocycles. The summed E-state index contributed by atoms with van der Waals surface area (Å²) in [7, 11) is 0. The van der Waals surface area contributed by atoms with E-state index in [0.717, 1.165) is 12.8 Å². The average molecular weight is 239 g/mol. The van der Waals surface area contributed by atoms with E-state index in [1.165, 1.54) is 6.92 Å². The highest BCUT2D eigenvalue weighted by Crippen LogP contribution is 2.46. The summed E-state index contributed by atoms with van der Waals surface area (Å²) in [5.41, 5.74) is -0.501. The Hall–Kier alpha value is -1.32. The van der Waals surface area contributed by atoms with Gasteiger partial charge in [0.25, 0.3) is 0 Å². The van der Waals surface area contributed by atoms with Crippen molar-refractivity contribution in [2.75, 3.05) is 6.54 Å². The zero-order valence-corrected chi connectivity index (χ0v) is 11.0. The van der Waals surface area contributed by atoms with Gasteiger partial charge in [0, 0.05) is 12.0 Å². The van der Waals surface area contributed by atoms with E-state index in [0.29, 0.717) is 6.54 Å². The Morgan fingerprint density at radius 3 is 2.35 bits per heavy atom. The zero-order valence-electron chi connectivity index (χ0n) is 11.0. The summed E-state index contributed by atoms with van der Waals surface area (Å²) < 4.78 is 5.15. The van der Waals surface area contributed by atoms with Crippen LogP contribution < -0.4 is 5.32 Å². The molecule has 0 atom stereocenters. The first-order valence-electron chi connectivity index (χ1n) is 5.89. The van der Waals surface area contributed by atoms with Crippen molar-refractivity contribution in [2.24, 2.45) is 5.41 Å². The molecule has 1 fully saturated rings. The monoisotopic (exact) mass is 239 g/mol. The Labute approximate surface area is 102 Å². The molecule has 4 heteroatoms. The van der Waals surface area contributed by atoms with Crippen LogP contribution in [0.15, 0.2) is 12.2 Å². The van der Waals surface area contributed by atoms with Crippen molar-refractivity contribution >= 4 is 11.9 Å². The van der Waals surface area contributed by atoms with E-state index in [-0.39, 0.29) is 11.2 Å². The fraction of sp³-hybridized carbons (Fsp3) is 0.692. The highest BCUT2D eigenvalue weighted by Gasteiger charge is 2.40. The van der Waals surface area contributed by atoms with Gasteiger partial charge in [-0.15, -0.1) is 0 Å². The molecule has 1 amide bonds. The van der Waals surface area contributed by atoms with Crippen LogP contribution in [-0.2, 0) is 9.53 Å². The molecule has 1 aliphatic rings. The van der Waals surface area contributed by atoms with Crippen molar-refractivity contribution in [3.05, 3.63) is 12.2 Å². The second kappa shape index (κ2) is 4.90. The van der Waals surface area contributed by atoms with Gasteiger partial charge in [-0.3, -0.25) is 4.79 Å². The van der Waals surface area contributed by atoms with Crippen LogP contribution in [0.25, 0.3) is 0 Å². The van der Waals surface area contributed by atoms with Crippen LogP contribution in [0.2, 0.25) is 0 Å². The molecule has 0 bridgehead atoms. The second-order valence-corrected chi connectivity index (χ2v) is 5.66. The number of carbonyl (C=O) groups is 2. The molecule has 1 N–H and O–H groups in total. The molecule has 96 valence electrons. The Morgan fingerprint density at radius 2 is 1.94 bits per heavy atom. The highest BCUT2D eigenvalue weighted by atomic mass is 16.6. The Morgan fingerprint density at radius 1 is 1.35 bits per heavy atom. The number of allylic oxidation sites excluding steroid dienone is 1. The topological polar surface area (TPSA) is 55.4 Å². The summed E-state index contributed by atoms with van der Waals surface area (Å²) in [6.07, 6.45) is 5.08. The number of hydrogen-bond donors (Lipinski definition) is 1. The number of hydrogen-bond acceptors (Lipinski definition) is 3. The van der Waals surface area contributed by atoms with Crippen molar-refractivity contribution in [3.8, 4) is 0 Å². The van der Waals surface area contributed by atoms with Crippen molar-refractivity contribution in [1.82, 2.24) is 5.32 Å². The van der Waals surface area contributed by atoms with Gasteiger partial charge in [-0.05, 0) is 46.6 Å². The van der Waals surface area contributed by atoms with Crippen molar-refractivity contribution in [3.63, 3.8) is 0 Å². The van der Waals surface area contributed by atoms with Gasteiger partial charge in [0.05, 0.1) is 0 Å². The summed E-state index contributed by atoms with van der Waals surface area (Å²) in [5.74, 6) is 0.0357. The number of rotatable bonds is 4. The minimum atomic E-state index is -0.476. The summed E-state index contributed by atoms with van der Waals surface area (Å²) in [5, 5.41) is 2.74. The molecular formula is C13H21NO3. The first kappa shape index (κ1) is 13.7. The van der Waals surface area contributed by atoms with E-state index in [9.17, 15) is 9.59 Å². The molecule has 1 rings (SSSR count). The first-order valence-corrected chi connectivity index (χ1v) is 5.89. The maximum absolute atomic E-state index is 11.4. The average Bonchev–Trinajstić information content (AvgIpc) is 2.90. The van der Waals surface area contributed by atoms with Gasteiger partial charge >= 0.3 is 6.09 Å². The first-order chi connectivity index (χ1) is 7.72. The van der Waals surface area contributed by atoms with Crippen LogP contribution in [0.3, 0.4) is 0 Å². The van der Waals surface area contributed by atoms with E-state index < -0.39 is 11.7 Å². The standard InChI is InChI=1S/C13H21NO3/c1-10(15)5-6-13(7-8-13)9-14-11(16)17-12(2,3)4/h5-6H,7-9H2,1-4H3,(H,14,16)/b6-5+. The maximum Gasteiger partial charge on any atom is 0.407 e. The van der Waals surface area contributed by atoms with Crippen LogP contribution >= 0.6 is 0 Å². The van der Waals surface area contributed by atoms with Gasteiger partial charge in [0.15, 0.2) is 5.78 Å². The lowest BCUT2D eigenvalue weighted by molar-refractivity contribution is -0.112. The summed E-state index contributed by atoms with van der Waals surface area (Å²) >= 11 is 0. The number of amides is 1. The molecule has 0 unspecified atom stereocenters. The molecule has 17 heavy (non-hydrogen) atoms. The predicted molar refractivity (Wildman–Crippen MR) is 65.7 cm³/mol. The van der Waals surface area contributed by atoms with Crippen molar-refractivity contribution in [1.29, 1.82) is 0 Å². The van der Waals surface area contributed by atoms with Gasteiger partial charge in [-0.25, -0.2) is 4.79 Å². The van der Waals surface area contributed by atoms with Crippen molar-refractivity contribution in [2.45, 2.75) is 46.1 Å². The molecule has 1 saturated carbocycles. The van der Waals surface area contributed by atoms with Crippen LogP contribution in [0.5, 0.6) is 0 Å². The van der Waals surface area contributed by atoms with E-state index in [1.54, 1.807) is 6.08 Å². The fourth-order valence-corrected chi connectivity index (χ4v) is 1.42. The Bertz CT molecular complexity index is 335. The number of ether oxygens (including phenoxy) is 1. The molecule has 0 saturated heterocycles. The lowest BCUT2D eigenvalue weighted by atomic mass is 10.1. The molecule has 0 spiro atoms. The second-order valence-electron chi connectivity index (χ2n) is 5.66. The van der Waals surface area contributed by atoms with E-state index in [4.69, 9.17) is 4.74 Å². The Balaban J connectivity index is 2.36. The number of nitrogens with one attached hydrogen (secondary N) is 1. The van der Waals surface area contributed by atoms with Gasteiger partial charge < -0.3 is 10.1 Å².